The smallest absolute Gasteiger partial charge is 0.337 e. The first-order valence-corrected chi connectivity index (χ1v) is 16.2. The zero-order chi connectivity index (χ0) is 33.7. The van der Waals surface area contributed by atoms with Crippen LogP contribution in [0.2, 0.25) is 0 Å². The summed E-state index contributed by atoms with van der Waals surface area (Å²) in [6.07, 6.45) is 3.63. The standard InChI is InChI=1S/2C19H18O5/c2*1-10-15(8-20)19(24-18(10)22)23-9-16-13-6-11-4-2-3-5-12(11)14(13)7-17(16)21/h2*2-5,9,13-14,19-20H,6-8H2,1H3/b2*16-9+/t13-,14+,19+;13-,14+,19-/m00/s1. The molecule has 2 aromatic carbocycles. The van der Waals surface area contributed by atoms with Gasteiger partial charge in [-0.2, -0.15) is 0 Å². The van der Waals surface area contributed by atoms with E-state index in [4.69, 9.17) is 18.9 Å². The molecule has 0 radical (unpaired) electrons. The molecule has 2 fully saturated rings. The lowest BCUT2D eigenvalue weighted by molar-refractivity contribution is -0.154. The number of fused-ring (bicyclic) bond motifs is 6. The number of cyclic esters (lactones) is 2. The Bertz CT molecular complexity index is 1710. The van der Waals surface area contributed by atoms with Crippen molar-refractivity contribution in [3.05, 3.63) is 117 Å². The first-order valence-electron chi connectivity index (χ1n) is 16.2. The molecule has 0 bridgehead atoms. The fourth-order valence-corrected chi connectivity index (χ4v) is 7.87. The van der Waals surface area contributed by atoms with Gasteiger partial charge in [-0.05, 0) is 60.8 Å². The van der Waals surface area contributed by atoms with Gasteiger partial charge in [-0.3, -0.25) is 9.59 Å². The third-order valence-corrected chi connectivity index (χ3v) is 10.6. The van der Waals surface area contributed by atoms with E-state index < -0.39 is 24.5 Å². The fraction of sp³-hybridized carbons (Fsp3) is 0.368. The van der Waals surface area contributed by atoms with Crippen molar-refractivity contribution in [2.45, 2.75) is 63.9 Å². The lowest BCUT2D eigenvalue weighted by Crippen LogP contribution is -2.16. The predicted octanol–water partition coefficient (Wildman–Crippen LogP) is 4.02. The molecule has 0 amide bonds. The summed E-state index contributed by atoms with van der Waals surface area (Å²) in [5, 5.41) is 18.8. The maximum absolute atomic E-state index is 12.4. The maximum atomic E-state index is 12.4. The van der Waals surface area contributed by atoms with E-state index in [9.17, 15) is 29.4 Å². The molecular formula is C38H36O10. The highest BCUT2D eigenvalue weighted by atomic mass is 16.7. The Balaban J connectivity index is 0.000000152. The number of carbonyl (C=O) groups excluding carboxylic acids is 4. The second kappa shape index (κ2) is 12.7. The number of ether oxygens (including phenoxy) is 4. The number of rotatable bonds is 6. The molecule has 0 saturated heterocycles. The van der Waals surface area contributed by atoms with Crippen molar-refractivity contribution in [3.63, 3.8) is 0 Å². The maximum Gasteiger partial charge on any atom is 0.337 e. The van der Waals surface area contributed by atoms with E-state index in [0.29, 0.717) is 46.3 Å². The number of allylic oxidation sites excluding steroid dienone is 2. The largest absolute Gasteiger partial charge is 0.458 e. The molecular weight excluding hydrogens is 616 g/mol. The van der Waals surface area contributed by atoms with E-state index >= 15 is 0 Å². The molecule has 0 spiro atoms. The van der Waals surface area contributed by atoms with Crippen LogP contribution in [0.4, 0.5) is 0 Å². The molecule has 248 valence electrons. The highest BCUT2D eigenvalue weighted by Crippen LogP contribution is 2.50. The molecule has 48 heavy (non-hydrogen) atoms. The van der Waals surface area contributed by atoms with E-state index in [2.05, 4.69) is 24.3 Å². The molecule has 0 unspecified atom stereocenters. The van der Waals surface area contributed by atoms with E-state index in [0.717, 1.165) is 12.8 Å². The van der Waals surface area contributed by atoms with Crippen LogP contribution in [-0.2, 0) is 51.0 Å². The number of hydrogen-bond donors (Lipinski definition) is 2. The van der Waals surface area contributed by atoms with Gasteiger partial charge in [-0.1, -0.05) is 48.5 Å². The molecule has 2 saturated carbocycles. The Hall–Kier alpha value is -4.80. The Morgan fingerprint density at radius 3 is 1.42 bits per heavy atom. The molecule has 2 heterocycles. The van der Waals surface area contributed by atoms with Crippen LogP contribution in [0.3, 0.4) is 0 Å². The summed E-state index contributed by atoms with van der Waals surface area (Å²) in [6, 6.07) is 16.4. The quantitative estimate of drug-likeness (QED) is 0.267. The molecule has 10 heteroatoms. The number of aliphatic hydroxyl groups is 2. The number of aliphatic hydroxyl groups excluding tert-OH is 2. The van der Waals surface area contributed by atoms with Crippen molar-refractivity contribution in [2.75, 3.05) is 13.2 Å². The van der Waals surface area contributed by atoms with Gasteiger partial charge in [0, 0.05) is 58.1 Å². The highest BCUT2D eigenvalue weighted by molar-refractivity contribution is 6.00. The van der Waals surface area contributed by atoms with Crippen molar-refractivity contribution < 1.29 is 48.3 Å². The number of carbonyl (C=O) groups is 4. The number of hydrogen-bond acceptors (Lipinski definition) is 10. The molecule has 10 nitrogen and oxygen atoms in total. The van der Waals surface area contributed by atoms with Crippen molar-refractivity contribution in [1.82, 2.24) is 0 Å². The van der Waals surface area contributed by atoms with Gasteiger partial charge in [-0.15, -0.1) is 0 Å². The Morgan fingerprint density at radius 2 is 1.02 bits per heavy atom. The first kappa shape index (κ1) is 31.8. The van der Waals surface area contributed by atoms with Crippen LogP contribution >= 0.6 is 0 Å². The van der Waals surface area contributed by atoms with Gasteiger partial charge in [-0.25, -0.2) is 9.59 Å². The Kier molecular flexibility index (Phi) is 8.39. The molecule has 2 aliphatic heterocycles. The topological polar surface area (TPSA) is 146 Å². The summed E-state index contributed by atoms with van der Waals surface area (Å²) in [4.78, 5) is 47.9. The van der Waals surface area contributed by atoms with Crippen LogP contribution in [0.25, 0.3) is 0 Å². The van der Waals surface area contributed by atoms with Crippen molar-refractivity contribution in [3.8, 4) is 0 Å². The lowest BCUT2D eigenvalue weighted by Gasteiger charge is -2.14. The molecule has 2 aromatic rings. The minimum absolute atomic E-state index is 0.0788. The van der Waals surface area contributed by atoms with Crippen LogP contribution < -0.4 is 0 Å². The minimum atomic E-state index is -0.939. The third kappa shape index (κ3) is 5.38. The van der Waals surface area contributed by atoms with Crippen molar-refractivity contribution in [2.24, 2.45) is 11.8 Å². The molecule has 2 N–H and O–H groups in total. The average Bonchev–Trinajstić information content (AvgIpc) is 3.89. The summed E-state index contributed by atoms with van der Waals surface area (Å²) in [6.45, 7) is 2.57. The van der Waals surface area contributed by atoms with Crippen LogP contribution in [0.1, 0.15) is 60.8 Å². The molecule has 6 atom stereocenters. The predicted molar refractivity (Wildman–Crippen MR) is 170 cm³/mol. The van der Waals surface area contributed by atoms with Crippen LogP contribution in [0.15, 0.2) is 94.5 Å². The van der Waals surface area contributed by atoms with E-state index in [1.165, 1.54) is 34.8 Å². The van der Waals surface area contributed by atoms with Crippen molar-refractivity contribution >= 4 is 23.5 Å². The van der Waals surface area contributed by atoms with Gasteiger partial charge in [0.15, 0.2) is 11.6 Å². The summed E-state index contributed by atoms with van der Waals surface area (Å²) < 4.78 is 21.3. The second-order valence-electron chi connectivity index (χ2n) is 13.0. The van der Waals surface area contributed by atoms with Crippen LogP contribution in [0.5, 0.6) is 0 Å². The van der Waals surface area contributed by atoms with Crippen LogP contribution in [-0.4, -0.2) is 59.5 Å². The minimum Gasteiger partial charge on any atom is -0.458 e. The van der Waals surface area contributed by atoms with Crippen LogP contribution in [0, 0.1) is 11.8 Å². The van der Waals surface area contributed by atoms with E-state index in [1.54, 1.807) is 13.8 Å². The zero-order valence-electron chi connectivity index (χ0n) is 26.6. The monoisotopic (exact) mass is 652 g/mol. The number of Topliss-reactive ketones (excluding diaryl/α,β-unsaturated/α-hetero) is 2. The zero-order valence-corrected chi connectivity index (χ0v) is 26.6. The number of esters is 2. The summed E-state index contributed by atoms with van der Waals surface area (Å²) >= 11 is 0. The third-order valence-electron chi connectivity index (χ3n) is 10.6. The van der Waals surface area contributed by atoms with Crippen molar-refractivity contribution in [1.29, 1.82) is 0 Å². The Morgan fingerprint density at radius 1 is 0.625 bits per heavy atom. The fourth-order valence-electron chi connectivity index (χ4n) is 7.87. The Labute approximate surface area is 277 Å². The van der Waals surface area contributed by atoms with Gasteiger partial charge in [0.05, 0.1) is 25.7 Å². The summed E-state index contributed by atoms with van der Waals surface area (Å²) in [7, 11) is 0. The lowest BCUT2D eigenvalue weighted by atomic mass is 9.95. The SMILES string of the molecule is CC1=C(CO)[C@@H](O/C=C2/C(=O)C[C@@H]3c4ccccc4C[C@H]23)OC1=O.CC1=C(CO)[C@H](O/C=C2/C(=O)C[C@@H]3c4ccccc4C[C@H]23)OC1=O. The first-order chi connectivity index (χ1) is 23.2. The van der Waals surface area contributed by atoms with Gasteiger partial charge < -0.3 is 29.2 Å². The highest BCUT2D eigenvalue weighted by Gasteiger charge is 2.45. The van der Waals surface area contributed by atoms with E-state index in [1.807, 2.05) is 24.3 Å². The van der Waals surface area contributed by atoms with Gasteiger partial charge in [0.25, 0.3) is 12.6 Å². The number of ketones is 2. The average molecular weight is 653 g/mol. The second-order valence-corrected chi connectivity index (χ2v) is 13.0. The normalized spacial score (nSPS) is 29.9. The van der Waals surface area contributed by atoms with Gasteiger partial charge in [0.2, 0.25) is 0 Å². The summed E-state index contributed by atoms with van der Waals surface area (Å²) in [5.41, 5.74) is 7.91. The molecule has 8 rings (SSSR count). The van der Waals surface area contributed by atoms with E-state index in [-0.39, 0.29) is 48.5 Å². The van der Waals surface area contributed by atoms with Gasteiger partial charge >= 0.3 is 11.9 Å². The number of benzene rings is 2. The molecule has 0 aromatic heterocycles. The molecule has 4 aliphatic carbocycles. The molecule has 6 aliphatic rings. The van der Waals surface area contributed by atoms with Gasteiger partial charge in [0.1, 0.15) is 0 Å². The summed E-state index contributed by atoms with van der Waals surface area (Å²) in [5.74, 6) is -0.166.